The average Bonchev–Trinajstić information content (AvgIpc) is 2.25. The minimum absolute atomic E-state index is 0.0734. The van der Waals surface area contributed by atoms with E-state index in [2.05, 4.69) is 0 Å². The molecule has 14 heavy (non-hydrogen) atoms. The van der Waals surface area contributed by atoms with Crippen molar-refractivity contribution in [2.24, 2.45) is 0 Å². The van der Waals surface area contributed by atoms with E-state index in [4.69, 9.17) is 16.3 Å². The zero-order valence-corrected chi connectivity index (χ0v) is 9.18. The molecule has 0 aromatic heterocycles. The van der Waals surface area contributed by atoms with E-state index in [9.17, 15) is 4.79 Å². The summed E-state index contributed by atoms with van der Waals surface area (Å²) in [5, 5.41) is 0. The number of ether oxygens (including phenoxy) is 1. The fourth-order valence-corrected chi connectivity index (χ4v) is 1.70. The Morgan fingerprint density at radius 3 is 2.71 bits per heavy atom. The van der Waals surface area contributed by atoms with Gasteiger partial charge in [-0.15, -0.1) is 23.4 Å². The number of thioether (sulfide) groups is 1. The van der Waals surface area contributed by atoms with Gasteiger partial charge in [-0.25, -0.2) is 0 Å². The number of halogens is 1. The Bertz CT molecular complexity index is 277. The molecule has 1 rings (SSSR count). The van der Waals surface area contributed by atoms with E-state index < -0.39 is 0 Å². The molecule has 2 nitrogen and oxygen atoms in total. The molecule has 0 radical (unpaired) electrons. The fourth-order valence-electron chi connectivity index (χ4n) is 0.870. The summed E-state index contributed by atoms with van der Waals surface area (Å²) >= 11 is 6.92. The van der Waals surface area contributed by atoms with Crippen LogP contribution in [0.25, 0.3) is 0 Å². The van der Waals surface area contributed by atoms with Gasteiger partial charge in [0.2, 0.25) is 0 Å². The van der Waals surface area contributed by atoms with Crippen molar-refractivity contribution in [2.75, 3.05) is 18.2 Å². The highest BCUT2D eigenvalue weighted by Crippen LogP contribution is 2.16. The van der Waals surface area contributed by atoms with E-state index in [0.29, 0.717) is 6.61 Å². The first-order valence-electron chi connectivity index (χ1n) is 4.22. The van der Waals surface area contributed by atoms with Crippen molar-refractivity contribution in [1.82, 2.24) is 0 Å². The molecule has 0 heterocycles. The number of alkyl halides is 1. The number of esters is 1. The van der Waals surface area contributed by atoms with Crippen LogP contribution in [0.5, 0.6) is 0 Å². The average molecular weight is 231 g/mol. The minimum atomic E-state index is -0.361. The van der Waals surface area contributed by atoms with Gasteiger partial charge in [-0.1, -0.05) is 18.2 Å². The van der Waals surface area contributed by atoms with Gasteiger partial charge in [-0.2, -0.15) is 0 Å². The first kappa shape index (κ1) is 11.4. The monoisotopic (exact) mass is 230 g/mol. The van der Waals surface area contributed by atoms with Crippen molar-refractivity contribution < 1.29 is 9.53 Å². The predicted octanol–water partition coefficient (Wildman–Crippen LogP) is 2.56. The zero-order valence-electron chi connectivity index (χ0n) is 7.61. The van der Waals surface area contributed by atoms with E-state index in [-0.39, 0.29) is 11.8 Å². The van der Waals surface area contributed by atoms with Gasteiger partial charge in [0.1, 0.15) is 12.5 Å². The Hall–Kier alpha value is -0.670. The number of carbonyl (C=O) groups excluding carboxylic acids is 1. The molecule has 76 valence electrons. The largest absolute Gasteiger partial charge is 0.464 e. The molecule has 0 N–H and O–H groups in total. The van der Waals surface area contributed by atoms with Gasteiger partial charge < -0.3 is 4.74 Å². The molecule has 0 amide bonds. The molecule has 0 saturated carbocycles. The molecule has 0 atom stereocenters. The van der Waals surface area contributed by atoms with Gasteiger partial charge in [0.25, 0.3) is 0 Å². The van der Waals surface area contributed by atoms with E-state index in [0.717, 1.165) is 5.75 Å². The Morgan fingerprint density at radius 2 is 2.07 bits per heavy atom. The lowest BCUT2D eigenvalue weighted by atomic mass is 10.4. The van der Waals surface area contributed by atoms with Gasteiger partial charge in [-0.05, 0) is 12.1 Å². The van der Waals surface area contributed by atoms with Crippen molar-refractivity contribution in [3.63, 3.8) is 0 Å². The second-order valence-electron chi connectivity index (χ2n) is 2.52. The normalized spacial score (nSPS) is 9.79. The maximum absolute atomic E-state index is 10.7. The summed E-state index contributed by atoms with van der Waals surface area (Å²) in [6, 6.07) is 9.97. The van der Waals surface area contributed by atoms with Crippen LogP contribution in [-0.4, -0.2) is 24.2 Å². The van der Waals surface area contributed by atoms with Crippen LogP contribution in [0.15, 0.2) is 35.2 Å². The summed E-state index contributed by atoms with van der Waals surface area (Å²) in [4.78, 5) is 11.8. The molecule has 0 aliphatic heterocycles. The summed E-state index contributed by atoms with van der Waals surface area (Å²) in [5.74, 6) is 0.322. The molecule has 1 aromatic carbocycles. The molecule has 0 unspecified atom stereocenters. The van der Waals surface area contributed by atoms with Crippen LogP contribution in [0.2, 0.25) is 0 Å². The van der Waals surface area contributed by atoms with Crippen LogP contribution in [0.3, 0.4) is 0 Å². The summed E-state index contributed by atoms with van der Waals surface area (Å²) in [6.45, 7) is 0.408. The zero-order chi connectivity index (χ0) is 10.2. The Labute approximate surface area is 92.6 Å². The highest BCUT2D eigenvalue weighted by atomic mass is 35.5. The van der Waals surface area contributed by atoms with Gasteiger partial charge in [0.15, 0.2) is 0 Å². The van der Waals surface area contributed by atoms with Gasteiger partial charge in [0, 0.05) is 10.6 Å². The summed E-state index contributed by atoms with van der Waals surface area (Å²) in [5.41, 5.74) is 0. The third-order valence-electron chi connectivity index (χ3n) is 1.47. The number of benzene rings is 1. The number of carbonyl (C=O) groups is 1. The van der Waals surface area contributed by atoms with Crippen molar-refractivity contribution in [3.05, 3.63) is 30.3 Å². The maximum Gasteiger partial charge on any atom is 0.320 e. The van der Waals surface area contributed by atoms with Gasteiger partial charge >= 0.3 is 5.97 Å². The molecule has 4 heteroatoms. The second kappa shape index (κ2) is 6.74. The molecule has 0 aliphatic rings. The Balaban J connectivity index is 2.13. The molecule has 0 fully saturated rings. The summed E-state index contributed by atoms with van der Waals surface area (Å²) in [7, 11) is 0. The molecule has 0 saturated heterocycles. The lowest BCUT2D eigenvalue weighted by Crippen LogP contribution is -2.08. The first-order valence-corrected chi connectivity index (χ1v) is 5.74. The van der Waals surface area contributed by atoms with Gasteiger partial charge in [0.05, 0.1) is 0 Å². The van der Waals surface area contributed by atoms with Crippen molar-refractivity contribution in [2.45, 2.75) is 4.90 Å². The molecule has 1 aromatic rings. The maximum atomic E-state index is 10.7. The Kier molecular flexibility index (Phi) is 5.49. The van der Waals surface area contributed by atoms with E-state index in [1.54, 1.807) is 11.8 Å². The number of hydrogen-bond donors (Lipinski definition) is 0. The second-order valence-corrected chi connectivity index (χ2v) is 3.95. The first-order chi connectivity index (χ1) is 6.83. The highest BCUT2D eigenvalue weighted by molar-refractivity contribution is 7.99. The quantitative estimate of drug-likeness (QED) is 0.337. The molecule has 0 aliphatic carbocycles. The van der Waals surface area contributed by atoms with Crippen molar-refractivity contribution in [1.29, 1.82) is 0 Å². The predicted molar refractivity (Wildman–Crippen MR) is 58.8 cm³/mol. The third-order valence-corrected chi connectivity index (χ3v) is 2.66. The van der Waals surface area contributed by atoms with Crippen LogP contribution >= 0.6 is 23.4 Å². The van der Waals surface area contributed by atoms with Crippen molar-refractivity contribution >= 4 is 29.3 Å². The SMILES string of the molecule is O=C(CCl)OCCSc1ccccc1. The number of rotatable bonds is 5. The van der Waals surface area contributed by atoms with Crippen LogP contribution in [0, 0.1) is 0 Å². The topological polar surface area (TPSA) is 26.3 Å². The standard InChI is InChI=1S/C10H11ClO2S/c11-8-10(12)13-6-7-14-9-4-2-1-3-5-9/h1-5H,6-8H2. The van der Waals surface area contributed by atoms with Crippen LogP contribution in [0.1, 0.15) is 0 Å². The summed E-state index contributed by atoms with van der Waals surface area (Å²) in [6.07, 6.45) is 0. The van der Waals surface area contributed by atoms with Crippen LogP contribution in [-0.2, 0) is 9.53 Å². The molecular weight excluding hydrogens is 220 g/mol. The van der Waals surface area contributed by atoms with E-state index in [1.807, 2.05) is 30.3 Å². The van der Waals surface area contributed by atoms with Crippen LogP contribution < -0.4 is 0 Å². The summed E-state index contributed by atoms with van der Waals surface area (Å²) < 4.78 is 4.82. The highest BCUT2D eigenvalue weighted by Gasteiger charge is 1.98. The fraction of sp³-hybridized carbons (Fsp3) is 0.300. The molecule has 0 spiro atoms. The number of hydrogen-bond acceptors (Lipinski definition) is 3. The van der Waals surface area contributed by atoms with E-state index >= 15 is 0 Å². The van der Waals surface area contributed by atoms with Gasteiger partial charge in [-0.3, -0.25) is 4.79 Å². The van der Waals surface area contributed by atoms with E-state index in [1.165, 1.54) is 4.90 Å². The third kappa shape index (κ3) is 4.53. The smallest absolute Gasteiger partial charge is 0.320 e. The lowest BCUT2D eigenvalue weighted by Gasteiger charge is -2.02. The van der Waals surface area contributed by atoms with Crippen LogP contribution in [0.4, 0.5) is 0 Å². The molecule has 0 bridgehead atoms. The lowest BCUT2D eigenvalue weighted by molar-refractivity contribution is -0.139. The minimum Gasteiger partial charge on any atom is -0.464 e. The van der Waals surface area contributed by atoms with Crippen molar-refractivity contribution in [3.8, 4) is 0 Å². The molecular formula is C10H11ClO2S. The Morgan fingerprint density at radius 1 is 1.36 bits per heavy atom.